The monoisotopic (exact) mass is 485 g/mol. The molecule has 0 spiro atoms. The van der Waals surface area contributed by atoms with Gasteiger partial charge in [-0.15, -0.1) is 0 Å². The zero-order valence-corrected chi connectivity index (χ0v) is 22.9. The number of carbonyl (C=O) groups excluding carboxylic acids is 1. The normalized spacial score (nSPS) is 11.8. The fourth-order valence-electron chi connectivity index (χ4n) is 4.05. The third kappa shape index (κ3) is 8.01. The van der Waals surface area contributed by atoms with Crippen molar-refractivity contribution in [2.24, 2.45) is 5.41 Å². The molecule has 0 fully saturated rings. The predicted molar refractivity (Wildman–Crippen MR) is 150 cm³/mol. The van der Waals surface area contributed by atoms with E-state index in [1.807, 2.05) is 26.0 Å². The zero-order chi connectivity index (χ0) is 27.0. The fourth-order valence-corrected chi connectivity index (χ4v) is 4.05. The molecule has 3 aromatic rings. The molecule has 0 saturated carbocycles. The minimum Gasteiger partial charge on any atom is -0.295 e. The van der Waals surface area contributed by atoms with Crippen LogP contribution in [0.4, 0.5) is 5.69 Å². The Morgan fingerprint density at radius 1 is 0.861 bits per heavy atom. The zero-order valence-electron chi connectivity index (χ0n) is 22.9. The number of hydrogen-bond donors (Lipinski definition) is 0. The van der Waals surface area contributed by atoms with E-state index < -0.39 is 0 Å². The van der Waals surface area contributed by atoms with Gasteiger partial charge in [0.2, 0.25) is 0 Å². The van der Waals surface area contributed by atoms with Gasteiger partial charge in [-0.1, -0.05) is 87.9 Å². The van der Waals surface area contributed by atoms with E-state index in [-0.39, 0.29) is 21.8 Å². The maximum Gasteiger partial charge on any atom is 0.269 e. The molecule has 4 nitrogen and oxygen atoms in total. The van der Waals surface area contributed by atoms with Gasteiger partial charge in [0.25, 0.3) is 5.69 Å². The van der Waals surface area contributed by atoms with Gasteiger partial charge < -0.3 is 0 Å². The second kappa shape index (κ2) is 12.4. The van der Waals surface area contributed by atoms with Crippen molar-refractivity contribution in [3.63, 3.8) is 0 Å². The first kappa shape index (κ1) is 28.7. The van der Waals surface area contributed by atoms with Gasteiger partial charge in [-0.05, 0) is 72.9 Å². The number of rotatable bonds is 6. The largest absolute Gasteiger partial charge is 0.295 e. The van der Waals surface area contributed by atoms with Crippen LogP contribution in [-0.4, -0.2) is 10.7 Å². The van der Waals surface area contributed by atoms with Crippen molar-refractivity contribution in [2.45, 2.75) is 68.2 Å². The van der Waals surface area contributed by atoms with Gasteiger partial charge in [0.15, 0.2) is 5.78 Å². The molecule has 0 aliphatic rings. The maximum absolute atomic E-state index is 13.0. The summed E-state index contributed by atoms with van der Waals surface area (Å²) in [5.41, 5.74) is 9.01. The number of benzene rings is 3. The van der Waals surface area contributed by atoms with Crippen LogP contribution in [-0.2, 0) is 11.2 Å². The van der Waals surface area contributed by atoms with Gasteiger partial charge in [-0.25, -0.2) is 0 Å². The molecule has 36 heavy (non-hydrogen) atoms. The Morgan fingerprint density at radius 2 is 1.50 bits per heavy atom. The molecule has 3 rings (SSSR count). The van der Waals surface area contributed by atoms with E-state index in [0.29, 0.717) is 6.42 Å². The van der Waals surface area contributed by atoms with Gasteiger partial charge >= 0.3 is 0 Å². The Hall–Kier alpha value is -3.53. The quantitative estimate of drug-likeness (QED) is 0.199. The van der Waals surface area contributed by atoms with Gasteiger partial charge in [0.05, 0.1) is 4.92 Å². The molecule has 0 amide bonds. The Kier molecular flexibility index (Phi) is 9.92. The summed E-state index contributed by atoms with van der Waals surface area (Å²) in [6, 6.07) is 21.5. The van der Waals surface area contributed by atoms with E-state index in [2.05, 4.69) is 77.9 Å². The summed E-state index contributed by atoms with van der Waals surface area (Å²) < 4.78 is 0. The molecule has 3 aromatic carbocycles. The number of allylic oxidation sites excluding steroid dienone is 1. The van der Waals surface area contributed by atoms with Gasteiger partial charge in [0.1, 0.15) is 0 Å². The van der Waals surface area contributed by atoms with Crippen molar-refractivity contribution in [1.29, 1.82) is 0 Å². The third-order valence-corrected chi connectivity index (χ3v) is 6.09. The van der Waals surface area contributed by atoms with Crippen molar-refractivity contribution in [3.8, 4) is 0 Å². The second-order valence-electron chi connectivity index (χ2n) is 10.6. The third-order valence-electron chi connectivity index (χ3n) is 6.09. The standard InChI is InChI=1S/C24H30O.C8H9NO2/c1-16-12-13-18(3)21(14-16)23(20-11-9-8-10-17(20)2)19(4)22(25)15-24(5,6)7;1-2-7-4-3-5-8(6-7)9(10)11/h8-14H,15H2,1-7H3;3-6H,2H2,1H3/b23-19+;. The fraction of sp³-hybridized carbons (Fsp3) is 0.344. The SMILES string of the molecule is C/C(C(=O)CC(C)(C)C)=C(/c1ccccc1C)c1cc(C)ccc1C.CCc1cccc([N+](=O)[O-])c1. The van der Waals surface area contributed by atoms with Gasteiger partial charge in [0, 0.05) is 24.1 Å². The van der Waals surface area contributed by atoms with E-state index in [0.717, 1.165) is 34.3 Å². The predicted octanol–water partition coefficient (Wildman–Crippen LogP) is 8.60. The summed E-state index contributed by atoms with van der Waals surface area (Å²) in [4.78, 5) is 22.9. The highest BCUT2D eigenvalue weighted by Gasteiger charge is 2.22. The highest BCUT2D eigenvalue weighted by atomic mass is 16.6. The summed E-state index contributed by atoms with van der Waals surface area (Å²) in [7, 11) is 0. The first-order valence-electron chi connectivity index (χ1n) is 12.4. The Labute approximate surface area is 216 Å². The van der Waals surface area contributed by atoms with Crippen LogP contribution in [0.3, 0.4) is 0 Å². The Balaban J connectivity index is 0.000000346. The van der Waals surface area contributed by atoms with Crippen LogP contribution >= 0.6 is 0 Å². The highest BCUT2D eigenvalue weighted by molar-refractivity contribution is 6.06. The van der Waals surface area contributed by atoms with Crippen molar-refractivity contribution in [1.82, 2.24) is 0 Å². The van der Waals surface area contributed by atoms with Gasteiger partial charge in [-0.2, -0.15) is 0 Å². The lowest BCUT2D eigenvalue weighted by molar-refractivity contribution is -0.384. The lowest BCUT2D eigenvalue weighted by atomic mass is 9.82. The minimum absolute atomic E-state index is 0.0170. The number of nitrogens with zero attached hydrogens (tertiary/aromatic N) is 1. The Morgan fingerprint density at radius 3 is 2.08 bits per heavy atom. The molecule has 0 aliphatic heterocycles. The van der Waals surface area contributed by atoms with Crippen LogP contribution in [0.2, 0.25) is 0 Å². The molecule has 0 unspecified atom stereocenters. The molecule has 0 saturated heterocycles. The molecular weight excluding hydrogens is 446 g/mol. The van der Waals surface area contributed by atoms with E-state index in [1.54, 1.807) is 12.1 Å². The van der Waals surface area contributed by atoms with E-state index >= 15 is 0 Å². The van der Waals surface area contributed by atoms with E-state index in [1.165, 1.54) is 22.8 Å². The molecule has 0 heterocycles. The van der Waals surface area contributed by atoms with Crippen molar-refractivity contribution in [2.75, 3.05) is 0 Å². The number of non-ortho nitro benzene ring substituents is 1. The number of nitro benzene ring substituents is 1. The second-order valence-corrected chi connectivity index (χ2v) is 10.6. The number of nitro groups is 1. The molecule has 0 bridgehead atoms. The highest BCUT2D eigenvalue weighted by Crippen LogP contribution is 2.34. The Bertz CT molecular complexity index is 1260. The maximum atomic E-state index is 13.0. The summed E-state index contributed by atoms with van der Waals surface area (Å²) in [6.45, 7) is 16.6. The summed E-state index contributed by atoms with van der Waals surface area (Å²) >= 11 is 0. The summed E-state index contributed by atoms with van der Waals surface area (Å²) in [5.74, 6) is 0.228. The molecule has 0 aliphatic carbocycles. The van der Waals surface area contributed by atoms with Gasteiger partial charge in [-0.3, -0.25) is 14.9 Å². The first-order valence-corrected chi connectivity index (χ1v) is 12.4. The molecule has 0 atom stereocenters. The van der Waals surface area contributed by atoms with E-state index in [9.17, 15) is 14.9 Å². The van der Waals surface area contributed by atoms with Crippen LogP contribution in [0, 0.1) is 36.3 Å². The van der Waals surface area contributed by atoms with Crippen LogP contribution < -0.4 is 0 Å². The first-order chi connectivity index (χ1) is 16.8. The average molecular weight is 486 g/mol. The van der Waals surface area contributed by atoms with Crippen LogP contribution in [0.25, 0.3) is 5.57 Å². The minimum atomic E-state index is -0.376. The lowest BCUT2D eigenvalue weighted by Crippen LogP contribution is -2.15. The number of ketones is 1. The van der Waals surface area contributed by atoms with Crippen molar-refractivity contribution >= 4 is 17.0 Å². The van der Waals surface area contributed by atoms with Crippen LogP contribution in [0.15, 0.2) is 72.3 Å². The molecule has 190 valence electrons. The molecule has 4 heteroatoms. The average Bonchev–Trinajstić information content (AvgIpc) is 2.82. The number of hydrogen-bond acceptors (Lipinski definition) is 3. The van der Waals surface area contributed by atoms with Crippen molar-refractivity contribution in [3.05, 3.63) is 116 Å². The molecule has 0 radical (unpaired) electrons. The number of carbonyl (C=O) groups is 1. The topological polar surface area (TPSA) is 60.2 Å². The van der Waals surface area contributed by atoms with Crippen LogP contribution in [0.1, 0.15) is 74.4 Å². The summed E-state index contributed by atoms with van der Waals surface area (Å²) in [6.07, 6.45) is 1.39. The molecule has 0 aromatic heterocycles. The number of aryl methyl sites for hydroxylation is 4. The summed E-state index contributed by atoms with van der Waals surface area (Å²) in [5, 5.41) is 10.3. The number of Topliss-reactive ketones (excluding diaryl/α,β-unsaturated/α-hetero) is 1. The molecule has 0 N–H and O–H groups in total. The van der Waals surface area contributed by atoms with Crippen molar-refractivity contribution < 1.29 is 9.72 Å². The van der Waals surface area contributed by atoms with E-state index in [4.69, 9.17) is 0 Å². The van der Waals surface area contributed by atoms with Crippen LogP contribution in [0.5, 0.6) is 0 Å². The smallest absolute Gasteiger partial charge is 0.269 e. The molecular formula is C32H39NO3. The lowest BCUT2D eigenvalue weighted by Gasteiger charge is -2.21.